The van der Waals surface area contributed by atoms with Gasteiger partial charge < -0.3 is 5.32 Å². The van der Waals surface area contributed by atoms with E-state index in [1.54, 1.807) is 0 Å². The van der Waals surface area contributed by atoms with E-state index in [9.17, 15) is 0 Å². The zero-order valence-electron chi connectivity index (χ0n) is 11.2. The van der Waals surface area contributed by atoms with Crippen LogP contribution >= 0.6 is 11.3 Å². The van der Waals surface area contributed by atoms with Gasteiger partial charge in [0.05, 0.1) is 10.7 Å². The summed E-state index contributed by atoms with van der Waals surface area (Å²) in [6.07, 6.45) is 5.43. The van der Waals surface area contributed by atoms with Crippen molar-refractivity contribution in [3.63, 3.8) is 0 Å². The molecule has 0 radical (unpaired) electrons. The minimum absolute atomic E-state index is 0.396. The summed E-state index contributed by atoms with van der Waals surface area (Å²) in [5.74, 6) is 1.66. The van der Waals surface area contributed by atoms with Gasteiger partial charge in [-0.3, -0.25) is 0 Å². The Hall–Kier alpha value is -0.410. The molecule has 1 heterocycles. The van der Waals surface area contributed by atoms with Gasteiger partial charge in [-0.15, -0.1) is 11.3 Å². The lowest BCUT2D eigenvalue weighted by Crippen LogP contribution is -2.18. The van der Waals surface area contributed by atoms with Gasteiger partial charge in [0.15, 0.2) is 0 Å². The summed E-state index contributed by atoms with van der Waals surface area (Å²) in [4.78, 5) is 4.83. The lowest BCUT2D eigenvalue weighted by molar-refractivity contribution is 0.347. The van der Waals surface area contributed by atoms with E-state index in [1.807, 2.05) is 11.3 Å². The van der Waals surface area contributed by atoms with Crippen molar-refractivity contribution in [2.24, 2.45) is 5.92 Å². The van der Waals surface area contributed by atoms with Gasteiger partial charge in [0.25, 0.3) is 0 Å². The lowest BCUT2D eigenvalue weighted by Gasteiger charge is -2.24. The molecule has 96 valence electrons. The molecule has 0 aromatic carbocycles. The van der Waals surface area contributed by atoms with Crippen LogP contribution in [0.1, 0.15) is 69.1 Å². The molecule has 17 heavy (non-hydrogen) atoms. The molecule has 0 bridgehead atoms. The maximum absolute atomic E-state index is 4.83. The van der Waals surface area contributed by atoms with Crippen LogP contribution in [0.4, 0.5) is 0 Å². The second-order valence-electron chi connectivity index (χ2n) is 5.35. The molecule has 1 atom stereocenters. The van der Waals surface area contributed by atoms with Crippen LogP contribution in [-0.2, 0) is 0 Å². The molecule has 1 aromatic rings. The Morgan fingerprint density at radius 3 is 2.76 bits per heavy atom. The first kappa shape index (κ1) is 13.0. The zero-order valence-corrected chi connectivity index (χ0v) is 12.0. The highest BCUT2D eigenvalue weighted by molar-refractivity contribution is 7.09. The molecule has 0 amide bonds. The van der Waals surface area contributed by atoms with Crippen LogP contribution in [0.3, 0.4) is 0 Å². The fourth-order valence-corrected chi connectivity index (χ4v) is 3.69. The minimum atomic E-state index is 0.396. The highest BCUT2D eigenvalue weighted by Gasteiger charge is 2.22. The SMILES string of the molecule is CCNC(C)c1csc(C2CCC(C)CC2)n1. The Kier molecular flexibility index (Phi) is 4.57. The first-order chi connectivity index (χ1) is 8.20. The van der Waals surface area contributed by atoms with E-state index < -0.39 is 0 Å². The van der Waals surface area contributed by atoms with Gasteiger partial charge in [-0.1, -0.05) is 26.7 Å². The monoisotopic (exact) mass is 252 g/mol. The Balaban J connectivity index is 1.98. The number of nitrogens with zero attached hydrogens (tertiary/aromatic N) is 1. The molecule has 1 aliphatic rings. The van der Waals surface area contributed by atoms with Gasteiger partial charge in [0, 0.05) is 17.3 Å². The van der Waals surface area contributed by atoms with Crippen LogP contribution in [0.15, 0.2) is 5.38 Å². The van der Waals surface area contributed by atoms with Crippen LogP contribution in [-0.4, -0.2) is 11.5 Å². The molecule has 0 spiro atoms. The van der Waals surface area contributed by atoms with Gasteiger partial charge in [0.2, 0.25) is 0 Å². The molecule has 1 aromatic heterocycles. The average Bonchev–Trinajstić information content (AvgIpc) is 2.80. The van der Waals surface area contributed by atoms with Crippen molar-refractivity contribution in [2.75, 3.05) is 6.54 Å². The fourth-order valence-electron chi connectivity index (χ4n) is 2.60. The minimum Gasteiger partial charge on any atom is -0.309 e. The molecule has 0 aliphatic heterocycles. The zero-order chi connectivity index (χ0) is 12.3. The molecular weight excluding hydrogens is 228 g/mol. The van der Waals surface area contributed by atoms with Gasteiger partial charge in [-0.25, -0.2) is 4.98 Å². The van der Waals surface area contributed by atoms with Gasteiger partial charge in [-0.2, -0.15) is 0 Å². The molecule has 2 rings (SSSR count). The normalized spacial score (nSPS) is 27.0. The van der Waals surface area contributed by atoms with E-state index in [-0.39, 0.29) is 0 Å². The van der Waals surface area contributed by atoms with E-state index in [0.717, 1.165) is 18.4 Å². The number of thiazole rings is 1. The topological polar surface area (TPSA) is 24.9 Å². The third-order valence-corrected chi connectivity index (χ3v) is 4.88. The quantitative estimate of drug-likeness (QED) is 0.872. The van der Waals surface area contributed by atoms with E-state index in [1.165, 1.54) is 36.4 Å². The van der Waals surface area contributed by atoms with Crippen LogP contribution in [0.5, 0.6) is 0 Å². The highest BCUT2D eigenvalue weighted by atomic mass is 32.1. The third kappa shape index (κ3) is 3.29. The summed E-state index contributed by atoms with van der Waals surface area (Å²) in [6, 6.07) is 0.396. The third-order valence-electron chi connectivity index (χ3n) is 3.86. The molecule has 3 heteroatoms. The van der Waals surface area contributed by atoms with Crippen LogP contribution in [0.25, 0.3) is 0 Å². The number of nitrogens with one attached hydrogen (secondary N) is 1. The van der Waals surface area contributed by atoms with Crippen LogP contribution in [0.2, 0.25) is 0 Å². The van der Waals surface area contributed by atoms with Gasteiger partial charge >= 0.3 is 0 Å². The molecule has 1 N–H and O–H groups in total. The van der Waals surface area contributed by atoms with Crippen molar-refractivity contribution in [3.8, 4) is 0 Å². The second kappa shape index (κ2) is 5.96. The number of hydrogen-bond acceptors (Lipinski definition) is 3. The standard InChI is InChI=1S/C14H24N2S/c1-4-15-11(3)13-9-17-14(16-13)12-7-5-10(2)6-8-12/h9-12,15H,4-8H2,1-3H3. The van der Waals surface area contributed by atoms with Crippen LogP contribution in [0, 0.1) is 5.92 Å². The summed E-state index contributed by atoms with van der Waals surface area (Å²) in [5.41, 5.74) is 1.23. The molecule has 0 saturated heterocycles. The van der Waals surface area contributed by atoms with E-state index in [0.29, 0.717) is 6.04 Å². The Morgan fingerprint density at radius 2 is 2.12 bits per heavy atom. The Morgan fingerprint density at radius 1 is 1.41 bits per heavy atom. The summed E-state index contributed by atoms with van der Waals surface area (Å²) < 4.78 is 0. The van der Waals surface area contributed by atoms with Crippen molar-refractivity contribution >= 4 is 11.3 Å². The molecule has 1 fully saturated rings. The van der Waals surface area contributed by atoms with E-state index in [2.05, 4.69) is 31.5 Å². The maximum atomic E-state index is 4.83. The molecule has 2 nitrogen and oxygen atoms in total. The lowest BCUT2D eigenvalue weighted by atomic mass is 9.83. The maximum Gasteiger partial charge on any atom is 0.0959 e. The van der Waals surface area contributed by atoms with E-state index in [4.69, 9.17) is 4.98 Å². The van der Waals surface area contributed by atoms with Gasteiger partial charge in [-0.05, 0) is 32.2 Å². The molecule has 1 aliphatic carbocycles. The van der Waals surface area contributed by atoms with Crippen molar-refractivity contribution in [3.05, 3.63) is 16.1 Å². The van der Waals surface area contributed by atoms with Crippen molar-refractivity contribution in [1.29, 1.82) is 0 Å². The summed E-state index contributed by atoms with van der Waals surface area (Å²) in [7, 11) is 0. The number of hydrogen-bond donors (Lipinski definition) is 1. The first-order valence-electron chi connectivity index (χ1n) is 6.89. The van der Waals surface area contributed by atoms with Crippen LogP contribution < -0.4 is 5.32 Å². The molecule has 1 unspecified atom stereocenters. The van der Waals surface area contributed by atoms with Crippen molar-refractivity contribution in [1.82, 2.24) is 10.3 Å². The average molecular weight is 252 g/mol. The second-order valence-corrected chi connectivity index (χ2v) is 6.24. The Bertz CT molecular complexity index is 340. The highest BCUT2D eigenvalue weighted by Crippen LogP contribution is 2.37. The van der Waals surface area contributed by atoms with Crippen molar-refractivity contribution in [2.45, 2.75) is 58.4 Å². The summed E-state index contributed by atoms with van der Waals surface area (Å²) >= 11 is 1.86. The summed E-state index contributed by atoms with van der Waals surface area (Å²) in [5, 5.41) is 7.04. The first-order valence-corrected chi connectivity index (χ1v) is 7.77. The predicted octanol–water partition coefficient (Wildman–Crippen LogP) is 4.11. The fraction of sp³-hybridized carbons (Fsp3) is 0.786. The largest absolute Gasteiger partial charge is 0.309 e. The molecular formula is C14H24N2S. The Labute approximate surface area is 109 Å². The summed E-state index contributed by atoms with van der Waals surface area (Å²) in [6.45, 7) is 7.73. The predicted molar refractivity (Wildman–Crippen MR) is 74.6 cm³/mol. The smallest absolute Gasteiger partial charge is 0.0959 e. The van der Waals surface area contributed by atoms with E-state index >= 15 is 0 Å². The molecule has 1 saturated carbocycles. The number of rotatable bonds is 4. The van der Waals surface area contributed by atoms with Crippen molar-refractivity contribution < 1.29 is 0 Å². The number of aromatic nitrogens is 1. The van der Waals surface area contributed by atoms with Gasteiger partial charge in [0.1, 0.15) is 0 Å².